The maximum atomic E-state index is 12.5. The number of rotatable bonds is 2. The molecule has 1 amide bonds. The normalized spacial score (nSPS) is 16.5. The van der Waals surface area contributed by atoms with Gasteiger partial charge in [-0.05, 0) is 45.7 Å². The molecule has 1 saturated heterocycles. The number of hydrogen-bond acceptors (Lipinski definition) is 3. The second kappa shape index (κ2) is 6.69. The lowest BCUT2D eigenvalue weighted by Crippen LogP contribution is -2.43. The van der Waals surface area contributed by atoms with Crippen LogP contribution in [-0.4, -0.2) is 35.5 Å². The lowest BCUT2D eigenvalue weighted by Gasteiger charge is -2.33. The zero-order valence-electron chi connectivity index (χ0n) is 13.3. The van der Waals surface area contributed by atoms with E-state index in [0.717, 1.165) is 0 Å². The average Bonchev–Trinajstić information content (AvgIpc) is 2.45. The molecule has 1 aliphatic heterocycles. The van der Waals surface area contributed by atoms with Gasteiger partial charge in [0, 0.05) is 29.6 Å². The lowest BCUT2D eigenvalue weighted by atomic mass is 9.89. The Morgan fingerprint density at radius 2 is 1.86 bits per heavy atom. The van der Waals surface area contributed by atoms with E-state index in [-0.39, 0.29) is 17.8 Å². The molecule has 0 aromatic heterocycles. The van der Waals surface area contributed by atoms with Gasteiger partial charge in [-0.1, -0.05) is 23.7 Å². The monoisotopic (exact) mass is 323 g/mol. The van der Waals surface area contributed by atoms with E-state index in [4.69, 9.17) is 16.3 Å². The fourth-order valence-corrected chi connectivity index (χ4v) is 2.72. The van der Waals surface area contributed by atoms with Crippen molar-refractivity contribution >= 4 is 23.5 Å². The molecule has 1 aromatic carbocycles. The molecule has 4 nitrogen and oxygen atoms in total. The molecule has 0 radical (unpaired) electrons. The van der Waals surface area contributed by atoms with Crippen LogP contribution in [0.4, 0.5) is 4.79 Å². The molecule has 0 spiro atoms. The summed E-state index contributed by atoms with van der Waals surface area (Å²) in [5.74, 6) is 0.0449. The number of ketones is 1. The van der Waals surface area contributed by atoms with Crippen molar-refractivity contribution in [3.63, 3.8) is 0 Å². The highest BCUT2D eigenvalue weighted by molar-refractivity contribution is 6.31. The van der Waals surface area contributed by atoms with E-state index in [9.17, 15) is 9.59 Å². The molecule has 120 valence electrons. The van der Waals surface area contributed by atoms with Crippen LogP contribution in [0.1, 0.15) is 44.0 Å². The summed E-state index contributed by atoms with van der Waals surface area (Å²) in [6.07, 6.45) is 1.01. The summed E-state index contributed by atoms with van der Waals surface area (Å²) in [5.41, 5.74) is 0.146. The highest BCUT2D eigenvalue weighted by Crippen LogP contribution is 2.24. The second-order valence-electron chi connectivity index (χ2n) is 6.62. The van der Waals surface area contributed by atoms with Gasteiger partial charge in [-0.15, -0.1) is 0 Å². The Balaban J connectivity index is 1.92. The first-order valence-corrected chi connectivity index (χ1v) is 7.92. The van der Waals surface area contributed by atoms with E-state index in [1.54, 1.807) is 29.2 Å². The van der Waals surface area contributed by atoms with Gasteiger partial charge in [-0.3, -0.25) is 4.79 Å². The Morgan fingerprint density at radius 1 is 1.23 bits per heavy atom. The molecule has 0 saturated carbocycles. The Labute approximate surface area is 136 Å². The summed E-state index contributed by atoms with van der Waals surface area (Å²) in [4.78, 5) is 26.1. The second-order valence-corrected chi connectivity index (χ2v) is 7.05. The number of hydrogen-bond donors (Lipinski definition) is 0. The van der Waals surface area contributed by atoms with E-state index in [1.807, 2.05) is 20.8 Å². The van der Waals surface area contributed by atoms with Crippen molar-refractivity contribution in [1.82, 2.24) is 4.90 Å². The molecule has 22 heavy (non-hydrogen) atoms. The quantitative estimate of drug-likeness (QED) is 0.767. The van der Waals surface area contributed by atoms with Crippen LogP contribution in [0.15, 0.2) is 24.3 Å². The van der Waals surface area contributed by atoms with Crippen LogP contribution < -0.4 is 0 Å². The predicted molar refractivity (Wildman–Crippen MR) is 86.3 cm³/mol. The summed E-state index contributed by atoms with van der Waals surface area (Å²) in [6, 6.07) is 7.02. The number of benzene rings is 1. The number of piperidine rings is 1. The van der Waals surface area contributed by atoms with Crippen LogP contribution in [0.2, 0.25) is 5.02 Å². The highest BCUT2D eigenvalue weighted by Gasteiger charge is 2.30. The fourth-order valence-electron chi connectivity index (χ4n) is 2.53. The minimum atomic E-state index is -0.495. The fraction of sp³-hybridized carbons (Fsp3) is 0.529. The maximum absolute atomic E-state index is 12.5. The molecular weight excluding hydrogens is 302 g/mol. The maximum Gasteiger partial charge on any atom is 0.410 e. The van der Waals surface area contributed by atoms with Crippen molar-refractivity contribution in [1.29, 1.82) is 0 Å². The number of carbonyl (C=O) groups is 2. The van der Waals surface area contributed by atoms with Gasteiger partial charge in [0.15, 0.2) is 5.78 Å². The summed E-state index contributed by atoms with van der Waals surface area (Å²) in [5, 5.41) is 0.567. The summed E-state index contributed by atoms with van der Waals surface area (Å²) < 4.78 is 5.36. The van der Waals surface area contributed by atoms with E-state index in [1.165, 1.54) is 0 Å². The summed E-state index contributed by atoms with van der Waals surface area (Å²) >= 11 is 5.93. The van der Waals surface area contributed by atoms with Gasteiger partial charge in [0.05, 0.1) is 0 Å². The third-order valence-electron chi connectivity index (χ3n) is 3.63. The lowest BCUT2D eigenvalue weighted by molar-refractivity contribution is 0.0182. The molecule has 1 fully saturated rings. The van der Waals surface area contributed by atoms with Crippen molar-refractivity contribution in [2.24, 2.45) is 5.92 Å². The number of nitrogens with zero attached hydrogens (tertiary/aromatic N) is 1. The van der Waals surface area contributed by atoms with Gasteiger partial charge < -0.3 is 9.64 Å². The molecule has 5 heteroatoms. The number of amides is 1. The van der Waals surface area contributed by atoms with E-state index >= 15 is 0 Å². The molecular formula is C17H22ClNO3. The molecule has 0 unspecified atom stereocenters. The Morgan fingerprint density at radius 3 is 2.41 bits per heavy atom. The summed E-state index contributed by atoms with van der Waals surface area (Å²) in [6.45, 7) is 6.64. The predicted octanol–water partition coefficient (Wildman–Crippen LogP) is 4.17. The molecule has 0 N–H and O–H groups in total. The van der Waals surface area contributed by atoms with Gasteiger partial charge in [0.1, 0.15) is 5.60 Å². The minimum Gasteiger partial charge on any atom is -0.444 e. The van der Waals surface area contributed by atoms with Gasteiger partial charge >= 0.3 is 6.09 Å². The molecule has 1 aromatic rings. The van der Waals surface area contributed by atoms with Gasteiger partial charge in [0.25, 0.3) is 0 Å². The first-order valence-electron chi connectivity index (χ1n) is 7.54. The summed E-state index contributed by atoms with van der Waals surface area (Å²) in [7, 11) is 0. The van der Waals surface area contributed by atoms with Crippen LogP contribution >= 0.6 is 11.6 Å². The highest BCUT2D eigenvalue weighted by atomic mass is 35.5. The molecule has 1 heterocycles. The smallest absolute Gasteiger partial charge is 0.410 e. The molecule has 0 bridgehead atoms. The van der Waals surface area contributed by atoms with Crippen molar-refractivity contribution in [3.05, 3.63) is 34.9 Å². The van der Waals surface area contributed by atoms with Crippen molar-refractivity contribution in [2.45, 2.75) is 39.2 Å². The number of ether oxygens (including phenoxy) is 1. The minimum absolute atomic E-state index is 0.0582. The zero-order chi connectivity index (χ0) is 16.3. The van der Waals surface area contributed by atoms with Crippen molar-refractivity contribution in [2.75, 3.05) is 13.1 Å². The number of likely N-dealkylation sites (tertiary alicyclic amines) is 1. The van der Waals surface area contributed by atoms with Crippen LogP contribution in [-0.2, 0) is 4.74 Å². The van der Waals surface area contributed by atoms with E-state index < -0.39 is 5.60 Å². The SMILES string of the molecule is CC(C)(C)OC(=O)N1CCC(C(=O)c2cccc(Cl)c2)CC1. The third-order valence-corrected chi connectivity index (χ3v) is 3.86. The number of carbonyl (C=O) groups excluding carboxylic acids is 2. The standard InChI is InChI=1S/C17H22ClNO3/c1-17(2,3)22-16(21)19-9-7-12(8-10-19)15(20)13-5-4-6-14(18)11-13/h4-6,11-12H,7-10H2,1-3H3. The molecule has 1 aliphatic rings. The van der Waals surface area contributed by atoms with Gasteiger partial charge in [-0.25, -0.2) is 4.79 Å². The molecule has 2 rings (SSSR count). The average molecular weight is 324 g/mol. The van der Waals surface area contributed by atoms with Gasteiger partial charge in [0.2, 0.25) is 0 Å². The van der Waals surface area contributed by atoms with Crippen LogP contribution in [0.5, 0.6) is 0 Å². The topological polar surface area (TPSA) is 46.6 Å². The van der Waals surface area contributed by atoms with Crippen molar-refractivity contribution < 1.29 is 14.3 Å². The van der Waals surface area contributed by atoms with Crippen LogP contribution in [0.25, 0.3) is 0 Å². The number of Topliss-reactive ketones (excluding diaryl/α,β-unsaturated/α-hetero) is 1. The van der Waals surface area contributed by atoms with Crippen molar-refractivity contribution in [3.8, 4) is 0 Å². The van der Waals surface area contributed by atoms with E-state index in [2.05, 4.69) is 0 Å². The Hall–Kier alpha value is -1.55. The Kier molecular flexibility index (Phi) is 5.12. The third kappa shape index (κ3) is 4.47. The number of halogens is 1. The zero-order valence-corrected chi connectivity index (χ0v) is 14.0. The Bertz CT molecular complexity index is 557. The van der Waals surface area contributed by atoms with E-state index in [0.29, 0.717) is 36.5 Å². The first kappa shape index (κ1) is 16.8. The molecule has 0 aliphatic carbocycles. The van der Waals surface area contributed by atoms with Crippen LogP contribution in [0.3, 0.4) is 0 Å². The van der Waals surface area contributed by atoms with Crippen LogP contribution in [0, 0.1) is 5.92 Å². The first-order chi connectivity index (χ1) is 10.3. The largest absolute Gasteiger partial charge is 0.444 e. The molecule has 0 atom stereocenters. The van der Waals surface area contributed by atoms with Gasteiger partial charge in [-0.2, -0.15) is 0 Å².